The van der Waals surface area contributed by atoms with E-state index in [0.29, 0.717) is 6.04 Å². The van der Waals surface area contributed by atoms with Crippen LogP contribution in [-0.4, -0.2) is 34.6 Å². The lowest BCUT2D eigenvalue weighted by molar-refractivity contribution is 0.253. The summed E-state index contributed by atoms with van der Waals surface area (Å²) >= 11 is 0. The van der Waals surface area contributed by atoms with Gasteiger partial charge in [-0.1, -0.05) is 51.1 Å². The van der Waals surface area contributed by atoms with Crippen molar-refractivity contribution in [2.24, 2.45) is 0 Å². The van der Waals surface area contributed by atoms with Crippen LogP contribution >= 0.6 is 0 Å². The van der Waals surface area contributed by atoms with Crippen LogP contribution in [0.5, 0.6) is 5.75 Å². The maximum atomic E-state index is 6.24. The molecule has 1 atom stereocenters. The highest BCUT2D eigenvalue weighted by Crippen LogP contribution is 2.36. The van der Waals surface area contributed by atoms with Crippen LogP contribution in [0, 0.1) is 0 Å². The van der Waals surface area contributed by atoms with E-state index >= 15 is 0 Å². The molecule has 0 heterocycles. The maximum Gasteiger partial charge on any atom is 0.192 e. The van der Waals surface area contributed by atoms with E-state index in [2.05, 4.69) is 64.3 Å². The van der Waals surface area contributed by atoms with Gasteiger partial charge in [-0.05, 0) is 31.1 Å². The molecule has 0 radical (unpaired) electrons. The highest BCUT2D eigenvalue weighted by atomic mass is 28.4. The molecule has 0 aliphatic rings. The van der Waals surface area contributed by atoms with Crippen LogP contribution in [0.4, 0.5) is 0 Å². The highest BCUT2D eigenvalue weighted by molar-refractivity contribution is 6.74. The summed E-state index contributed by atoms with van der Waals surface area (Å²) in [6.07, 6.45) is 4.22. The third-order valence-electron chi connectivity index (χ3n) is 4.52. The van der Waals surface area contributed by atoms with Crippen LogP contribution in [-0.2, 0) is 4.43 Å². The Bertz CT molecular complexity index is 506. The van der Waals surface area contributed by atoms with E-state index in [1.807, 2.05) is 18.2 Å². The normalized spacial score (nSPS) is 14.2. The Morgan fingerprint density at radius 3 is 2.48 bits per heavy atom. The lowest BCUT2D eigenvalue weighted by Crippen LogP contribution is -2.44. The highest BCUT2D eigenvalue weighted by Gasteiger charge is 2.37. The number of methoxy groups -OCH3 is 1. The largest absolute Gasteiger partial charge is 0.496 e. The van der Waals surface area contributed by atoms with Gasteiger partial charge < -0.3 is 14.5 Å². The molecule has 23 heavy (non-hydrogen) atoms. The van der Waals surface area contributed by atoms with Crippen molar-refractivity contribution in [1.29, 1.82) is 0 Å². The predicted octanol–water partition coefficient (Wildman–Crippen LogP) is 4.71. The van der Waals surface area contributed by atoms with E-state index in [0.717, 1.165) is 24.5 Å². The van der Waals surface area contributed by atoms with E-state index < -0.39 is 8.32 Å². The first-order chi connectivity index (χ1) is 10.7. The van der Waals surface area contributed by atoms with E-state index in [4.69, 9.17) is 9.16 Å². The van der Waals surface area contributed by atoms with Crippen molar-refractivity contribution >= 4 is 14.4 Å². The molecule has 1 N–H and O–H groups in total. The van der Waals surface area contributed by atoms with E-state index in [1.165, 1.54) is 0 Å². The van der Waals surface area contributed by atoms with Crippen LogP contribution < -0.4 is 10.1 Å². The summed E-state index contributed by atoms with van der Waals surface area (Å²) in [5, 5.41) is 3.74. The number of rotatable bonds is 8. The van der Waals surface area contributed by atoms with Gasteiger partial charge in [0.25, 0.3) is 0 Å². The summed E-state index contributed by atoms with van der Waals surface area (Å²) in [6.45, 7) is 15.2. The first-order valence-electron chi connectivity index (χ1n) is 8.34. The number of ether oxygens (including phenoxy) is 1. The third kappa shape index (κ3) is 6.49. The lowest BCUT2D eigenvalue weighted by Gasteiger charge is -2.37. The number of hydrogen-bond donors (Lipinski definition) is 1. The second kappa shape index (κ2) is 8.67. The molecule has 0 aliphatic heterocycles. The van der Waals surface area contributed by atoms with Gasteiger partial charge in [0.05, 0.1) is 7.11 Å². The van der Waals surface area contributed by atoms with Gasteiger partial charge in [0.15, 0.2) is 8.32 Å². The predicted molar refractivity (Wildman–Crippen MR) is 103 cm³/mol. The van der Waals surface area contributed by atoms with Gasteiger partial charge in [0.2, 0.25) is 0 Å². The van der Waals surface area contributed by atoms with Crippen molar-refractivity contribution in [2.45, 2.75) is 51.9 Å². The van der Waals surface area contributed by atoms with Gasteiger partial charge in [-0.25, -0.2) is 0 Å². The van der Waals surface area contributed by atoms with Crippen molar-refractivity contribution in [1.82, 2.24) is 5.32 Å². The van der Waals surface area contributed by atoms with Crippen LogP contribution in [0.3, 0.4) is 0 Å². The van der Waals surface area contributed by atoms with Gasteiger partial charge in [0, 0.05) is 24.8 Å². The van der Waals surface area contributed by atoms with Crippen molar-refractivity contribution < 1.29 is 9.16 Å². The van der Waals surface area contributed by atoms with E-state index in [1.54, 1.807) is 7.11 Å². The topological polar surface area (TPSA) is 30.5 Å². The zero-order valence-electron chi connectivity index (χ0n) is 15.8. The molecule has 1 aromatic rings. The summed E-state index contributed by atoms with van der Waals surface area (Å²) < 4.78 is 11.6. The van der Waals surface area contributed by atoms with Crippen LogP contribution in [0.25, 0.3) is 6.08 Å². The molecule has 0 fully saturated rings. The number of hydrogen-bond acceptors (Lipinski definition) is 3. The van der Waals surface area contributed by atoms with Gasteiger partial charge in [-0.3, -0.25) is 0 Å². The summed E-state index contributed by atoms with van der Waals surface area (Å²) in [7, 11) is 0.0448. The average Bonchev–Trinajstić information content (AvgIpc) is 2.49. The minimum atomic E-state index is -1.65. The van der Waals surface area contributed by atoms with Crippen LogP contribution in [0.2, 0.25) is 18.1 Å². The quantitative estimate of drug-likeness (QED) is 0.698. The molecule has 0 saturated heterocycles. The molecular formula is C19H33NO2Si. The second-order valence-electron chi connectivity index (χ2n) is 7.52. The summed E-state index contributed by atoms with van der Waals surface area (Å²) in [5.41, 5.74) is 1.10. The smallest absolute Gasteiger partial charge is 0.192 e. The molecule has 0 saturated carbocycles. The molecule has 1 unspecified atom stereocenters. The average molecular weight is 336 g/mol. The van der Waals surface area contributed by atoms with Gasteiger partial charge in [-0.2, -0.15) is 0 Å². The Labute approximate surface area is 143 Å². The van der Waals surface area contributed by atoms with Crippen LogP contribution in [0.15, 0.2) is 30.3 Å². The Hall–Kier alpha value is -1.10. The first kappa shape index (κ1) is 19.9. The fraction of sp³-hybridized carbons (Fsp3) is 0.579. The molecule has 0 spiro atoms. The standard InChI is InChI=1S/C19H33NO2Si/c1-16(15-22-23(6,7)19(2,3)4)20-14-10-12-17-11-8-9-13-18(17)21-5/h8-13,16,20H,14-15H2,1-7H3/b12-10+. The molecule has 0 bridgehead atoms. The minimum Gasteiger partial charge on any atom is -0.496 e. The molecule has 0 aromatic heterocycles. The summed E-state index contributed by atoms with van der Waals surface area (Å²) in [5.74, 6) is 0.901. The fourth-order valence-corrected chi connectivity index (χ4v) is 2.97. The van der Waals surface area contributed by atoms with Crippen molar-refractivity contribution in [2.75, 3.05) is 20.3 Å². The van der Waals surface area contributed by atoms with Crippen molar-refractivity contribution in [3.63, 3.8) is 0 Å². The molecule has 130 valence electrons. The molecular weight excluding hydrogens is 302 g/mol. The zero-order chi connectivity index (χ0) is 17.5. The fourth-order valence-electron chi connectivity index (χ4n) is 1.87. The molecule has 1 aromatic carbocycles. The van der Waals surface area contributed by atoms with E-state index in [9.17, 15) is 0 Å². The van der Waals surface area contributed by atoms with Gasteiger partial charge >= 0.3 is 0 Å². The molecule has 0 aliphatic carbocycles. The number of nitrogens with one attached hydrogen (secondary N) is 1. The summed E-state index contributed by atoms with van der Waals surface area (Å²) in [4.78, 5) is 0. The molecule has 1 rings (SSSR count). The SMILES string of the molecule is COc1ccccc1/C=C/CNC(C)CO[Si](C)(C)C(C)(C)C. The number of para-hydroxylation sites is 1. The van der Waals surface area contributed by atoms with Crippen molar-refractivity contribution in [3.05, 3.63) is 35.9 Å². The van der Waals surface area contributed by atoms with Gasteiger partial charge in [-0.15, -0.1) is 0 Å². The zero-order valence-corrected chi connectivity index (χ0v) is 16.8. The Morgan fingerprint density at radius 1 is 1.22 bits per heavy atom. The molecule has 4 heteroatoms. The Morgan fingerprint density at radius 2 is 1.87 bits per heavy atom. The van der Waals surface area contributed by atoms with E-state index in [-0.39, 0.29) is 5.04 Å². The molecule has 3 nitrogen and oxygen atoms in total. The number of benzene rings is 1. The third-order valence-corrected chi connectivity index (χ3v) is 9.02. The summed E-state index contributed by atoms with van der Waals surface area (Å²) in [6, 6.07) is 8.37. The first-order valence-corrected chi connectivity index (χ1v) is 11.2. The second-order valence-corrected chi connectivity index (χ2v) is 12.3. The minimum absolute atomic E-state index is 0.260. The lowest BCUT2D eigenvalue weighted by atomic mass is 10.2. The monoisotopic (exact) mass is 335 g/mol. The van der Waals surface area contributed by atoms with Crippen LogP contribution in [0.1, 0.15) is 33.3 Å². The Balaban J connectivity index is 2.40. The van der Waals surface area contributed by atoms with Gasteiger partial charge in [0.1, 0.15) is 5.75 Å². The molecule has 0 amide bonds. The Kier molecular flexibility index (Phi) is 7.51. The maximum absolute atomic E-state index is 6.24. The van der Waals surface area contributed by atoms with Crippen molar-refractivity contribution in [3.8, 4) is 5.75 Å².